The molecule has 8 heteroatoms. The first-order valence-electron chi connectivity index (χ1n) is 13.5. The number of carbonyl (C=O) groups is 1. The first kappa shape index (κ1) is 28.6. The number of fused-ring (bicyclic) bond motifs is 1. The molecule has 1 aromatic heterocycles. The van der Waals surface area contributed by atoms with Gasteiger partial charge in [0.2, 0.25) is 0 Å². The van der Waals surface area contributed by atoms with Crippen LogP contribution in [0, 0.1) is 5.41 Å². The van der Waals surface area contributed by atoms with Gasteiger partial charge < -0.3 is 9.84 Å². The molecule has 2 aromatic carbocycles. The van der Waals surface area contributed by atoms with Crippen LogP contribution < -0.4 is 4.31 Å². The maximum Gasteiger partial charge on any atom is 0.339 e. The minimum atomic E-state index is -3.97. The van der Waals surface area contributed by atoms with Crippen LogP contribution in [0.3, 0.4) is 0 Å². The Balaban J connectivity index is 1.78. The predicted molar refractivity (Wildman–Crippen MR) is 154 cm³/mol. The summed E-state index contributed by atoms with van der Waals surface area (Å²) in [6.45, 7) is 9.99. The number of aromatic nitrogens is 1. The van der Waals surface area contributed by atoms with Crippen LogP contribution in [0.2, 0.25) is 0 Å². The van der Waals surface area contributed by atoms with Gasteiger partial charge in [0.1, 0.15) is 5.76 Å². The minimum Gasteiger partial charge on any atom is -0.507 e. The molecule has 208 valence electrons. The van der Waals surface area contributed by atoms with E-state index in [1.54, 1.807) is 30.3 Å². The van der Waals surface area contributed by atoms with E-state index in [1.165, 1.54) is 17.4 Å². The fourth-order valence-electron chi connectivity index (χ4n) is 5.62. The summed E-state index contributed by atoms with van der Waals surface area (Å²) in [6, 6.07) is 17.7. The van der Waals surface area contributed by atoms with Gasteiger partial charge in [-0.15, -0.1) is 0 Å². The second kappa shape index (κ2) is 10.6. The predicted octanol–water partition coefficient (Wildman–Crippen LogP) is 6.90. The van der Waals surface area contributed by atoms with Crippen LogP contribution in [0.4, 0.5) is 5.69 Å². The molecule has 0 spiro atoms. The number of aliphatic hydroxyl groups excluding tert-OH is 1. The number of nitrogens with zero attached hydrogens (tertiary/aromatic N) is 2. The summed E-state index contributed by atoms with van der Waals surface area (Å²) in [6.07, 6.45) is 2.59. The van der Waals surface area contributed by atoms with Gasteiger partial charge in [0.15, 0.2) is 10.6 Å². The van der Waals surface area contributed by atoms with Crippen molar-refractivity contribution in [2.75, 3.05) is 11.4 Å². The lowest BCUT2D eigenvalue weighted by atomic mass is 9.71. The largest absolute Gasteiger partial charge is 0.507 e. The topological polar surface area (TPSA) is 96.8 Å². The van der Waals surface area contributed by atoms with E-state index in [2.05, 4.69) is 4.98 Å². The summed E-state index contributed by atoms with van der Waals surface area (Å²) >= 11 is 0. The van der Waals surface area contributed by atoms with E-state index in [0.29, 0.717) is 24.0 Å². The SMILES string of the molecule is CCCC1(CCC)OC(=O)C(C(c2cccc(N(C)S(=O)(=O)c3ccc4ccccc4n3)c2)C(C)(C)C)=C1O. The lowest BCUT2D eigenvalue weighted by Crippen LogP contribution is -2.32. The molecule has 1 atom stereocenters. The van der Waals surface area contributed by atoms with E-state index < -0.39 is 32.9 Å². The number of aliphatic hydroxyl groups is 1. The van der Waals surface area contributed by atoms with Gasteiger partial charge in [-0.3, -0.25) is 4.31 Å². The number of pyridine rings is 1. The van der Waals surface area contributed by atoms with E-state index in [-0.39, 0.29) is 16.4 Å². The average Bonchev–Trinajstić information content (AvgIpc) is 3.12. The maximum absolute atomic E-state index is 13.6. The average molecular weight is 551 g/mol. The third-order valence-corrected chi connectivity index (χ3v) is 9.11. The molecule has 1 aliphatic rings. The number of sulfonamides is 1. The Labute approximate surface area is 231 Å². The van der Waals surface area contributed by atoms with Crippen LogP contribution in [-0.4, -0.2) is 37.1 Å². The molecular formula is C31H38N2O5S. The number of esters is 1. The van der Waals surface area contributed by atoms with Gasteiger partial charge in [0.25, 0.3) is 10.0 Å². The van der Waals surface area contributed by atoms with Crippen molar-refractivity contribution in [1.29, 1.82) is 0 Å². The van der Waals surface area contributed by atoms with Crippen LogP contribution in [0.15, 0.2) is 77.0 Å². The number of benzene rings is 2. The third-order valence-electron chi connectivity index (χ3n) is 7.42. The standard InChI is InChI=1S/C31H38N2O5S/c1-7-18-31(19-8-2)28(34)26(29(35)38-31)27(30(3,4)5)22-13-11-14-23(20-22)33(6)39(36,37)25-17-16-21-12-9-10-15-24(21)32-25/h9-17,20,27,34H,7-8,18-19H2,1-6H3. The number of hydrogen-bond acceptors (Lipinski definition) is 6. The van der Waals surface area contributed by atoms with Crippen LogP contribution in [-0.2, 0) is 19.6 Å². The van der Waals surface area contributed by atoms with Crippen molar-refractivity contribution in [1.82, 2.24) is 4.98 Å². The lowest BCUT2D eigenvalue weighted by Gasteiger charge is -2.32. The number of para-hydroxylation sites is 1. The number of anilines is 1. The summed E-state index contributed by atoms with van der Waals surface area (Å²) < 4.78 is 34.3. The molecule has 1 aliphatic heterocycles. The maximum atomic E-state index is 13.6. The van der Waals surface area contributed by atoms with Crippen molar-refractivity contribution in [2.24, 2.45) is 5.41 Å². The summed E-state index contributed by atoms with van der Waals surface area (Å²) in [5.41, 5.74) is 0.500. The van der Waals surface area contributed by atoms with Crippen molar-refractivity contribution in [3.8, 4) is 0 Å². The molecule has 0 bridgehead atoms. The first-order chi connectivity index (χ1) is 18.4. The number of rotatable bonds is 9. The second-order valence-corrected chi connectivity index (χ2v) is 13.3. The fraction of sp³-hybridized carbons (Fsp3) is 0.419. The molecule has 0 aliphatic carbocycles. The Morgan fingerprint density at radius 1 is 1.00 bits per heavy atom. The Morgan fingerprint density at radius 3 is 2.31 bits per heavy atom. The van der Waals surface area contributed by atoms with Gasteiger partial charge in [-0.2, -0.15) is 8.42 Å². The van der Waals surface area contributed by atoms with Gasteiger partial charge in [-0.05, 0) is 54.2 Å². The molecule has 0 radical (unpaired) electrons. The minimum absolute atomic E-state index is 0.00266. The Morgan fingerprint density at radius 2 is 1.67 bits per heavy atom. The van der Waals surface area contributed by atoms with E-state index in [0.717, 1.165) is 23.8 Å². The molecule has 1 N–H and O–H groups in total. The zero-order chi connectivity index (χ0) is 28.6. The highest BCUT2D eigenvalue weighted by atomic mass is 32.2. The molecule has 2 heterocycles. The van der Waals surface area contributed by atoms with Crippen molar-refractivity contribution in [3.05, 3.63) is 77.6 Å². The molecule has 0 fully saturated rings. The van der Waals surface area contributed by atoms with Crippen LogP contribution in [0.1, 0.15) is 71.8 Å². The van der Waals surface area contributed by atoms with Gasteiger partial charge in [-0.1, -0.05) is 77.8 Å². The summed E-state index contributed by atoms with van der Waals surface area (Å²) in [5, 5.41) is 12.3. The summed E-state index contributed by atoms with van der Waals surface area (Å²) in [4.78, 5) is 17.7. The van der Waals surface area contributed by atoms with Crippen molar-refractivity contribution < 1.29 is 23.1 Å². The van der Waals surface area contributed by atoms with E-state index in [9.17, 15) is 18.3 Å². The molecular weight excluding hydrogens is 512 g/mol. The van der Waals surface area contributed by atoms with Crippen molar-refractivity contribution >= 4 is 32.6 Å². The van der Waals surface area contributed by atoms with E-state index in [1.807, 2.05) is 58.9 Å². The monoisotopic (exact) mass is 550 g/mol. The Hall–Kier alpha value is -3.39. The highest BCUT2D eigenvalue weighted by Crippen LogP contribution is 2.49. The highest BCUT2D eigenvalue weighted by molar-refractivity contribution is 7.92. The van der Waals surface area contributed by atoms with Gasteiger partial charge in [0, 0.05) is 18.4 Å². The van der Waals surface area contributed by atoms with Gasteiger partial charge in [-0.25, -0.2) is 9.78 Å². The summed E-state index contributed by atoms with van der Waals surface area (Å²) in [7, 11) is -2.47. The fourth-order valence-corrected chi connectivity index (χ4v) is 6.74. The van der Waals surface area contributed by atoms with Crippen LogP contribution >= 0.6 is 0 Å². The number of cyclic esters (lactones) is 1. The Bertz CT molecular complexity index is 1520. The molecule has 0 amide bonds. The highest BCUT2D eigenvalue weighted by Gasteiger charge is 2.51. The second-order valence-electron chi connectivity index (χ2n) is 11.4. The molecule has 7 nitrogen and oxygen atoms in total. The van der Waals surface area contributed by atoms with Crippen LogP contribution in [0.25, 0.3) is 10.9 Å². The molecule has 39 heavy (non-hydrogen) atoms. The normalized spacial score (nSPS) is 16.4. The smallest absolute Gasteiger partial charge is 0.339 e. The number of ether oxygens (including phenoxy) is 1. The Kier molecular flexibility index (Phi) is 7.81. The van der Waals surface area contributed by atoms with Crippen molar-refractivity contribution in [2.45, 2.75) is 76.8 Å². The van der Waals surface area contributed by atoms with E-state index in [4.69, 9.17) is 4.74 Å². The lowest BCUT2D eigenvalue weighted by molar-refractivity contribution is -0.150. The number of carbonyl (C=O) groups excluding carboxylic acids is 1. The van der Waals surface area contributed by atoms with E-state index >= 15 is 0 Å². The van der Waals surface area contributed by atoms with Gasteiger partial charge >= 0.3 is 5.97 Å². The molecule has 0 saturated carbocycles. The summed E-state index contributed by atoms with van der Waals surface area (Å²) in [5.74, 6) is -1.03. The molecule has 4 rings (SSSR count). The molecule has 0 saturated heterocycles. The van der Waals surface area contributed by atoms with Crippen molar-refractivity contribution in [3.63, 3.8) is 0 Å². The zero-order valence-corrected chi connectivity index (χ0v) is 24.4. The van der Waals surface area contributed by atoms with Crippen LogP contribution in [0.5, 0.6) is 0 Å². The third kappa shape index (κ3) is 5.26. The zero-order valence-electron chi connectivity index (χ0n) is 23.6. The first-order valence-corrected chi connectivity index (χ1v) is 14.9. The quantitative estimate of drug-likeness (QED) is 0.291. The molecule has 3 aromatic rings. The number of hydrogen-bond donors (Lipinski definition) is 1. The molecule has 1 unspecified atom stereocenters. The van der Waals surface area contributed by atoms with Gasteiger partial charge in [0.05, 0.1) is 16.8 Å².